The first-order valence-electron chi connectivity index (χ1n) is 5.55. The van der Waals surface area contributed by atoms with Crippen LogP contribution in [0.1, 0.15) is 6.92 Å². The Kier molecular flexibility index (Phi) is 2.22. The summed E-state index contributed by atoms with van der Waals surface area (Å²) in [6.45, 7) is 2.60. The van der Waals surface area contributed by atoms with Crippen LogP contribution in [0, 0.1) is 0 Å². The average Bonchev–Trinajstić information content (AvgIpc) is 2.94. The van der Waals surface area contributed by atoms with E-state index in [9.17, 15) is 0 Å². The fourth-order valence-electron chi connectivity index (χ4n) is 1.90. The molecule has 0 saturated carbocycles. The maximum absolute atomic E-state index is 5.61. The molecule has 17 heavy (non-hydrogen) atoms. The van der Waals surface area contributed by atoms with Crippen LogP contribution in [0.15, 0.2) is 24.8 Å². The SMILES string of the molecule is CC(CN)Nn1cnc2cnc3[nH]ccc3c21. The molecule has 6 heteroatoms. The lowest BCUT2D eigenvalue weighted by Crippen LogP contribution is -2.31. The van der Waals surface area contributed by atoms with Crippen LogP contribution < -0.4 is 11.2 Å². The second kappa shape index (κ2) is 3.74. The minimum Gasteiger partial charge on any atom is -0.346 e. The molecule has 6 nitrogen and oxygen atoms in total. The molecule has 88 valence electrons. The van der Waals surface area contributed by atoms with Crippen LogP contribution in [0.25, 0.3) is 22.1 Å². The third-order valence-electron chi connectivity index (χ3n) is 2.81. The Labute approximate surface area is 97.8 Å². The molecule has 0 aromatic carbocycles. The maximum Gasteiger partial charge on any atom is 0.139 e. The highest BCUT2D eigenvalue weighted by Crippen LogP contribution is 2.21. The third kappa shape index (κ3) is 1.53. The molecule has 0 aliphatic carbocycles. The molecule has 0 bridgehead atoms. The van der Waals surface area contributed by atoms with Crippen LogP contribution >= 0.6 is 0 Å². The molecule has 0 fully saturated rings. The van der Waals surface area contributed by atoms with Crippen LogP contribution in [0.4, 0.5) is 0 Å². The van der Waals surface area contributed by atoms with Crippen molar-refractivity contribution in [2.24, 2.45) is 5.73 Å². The van der Waals surface area contributed by atoms with E-state index >= 15 is 0 Å². The van der Waals surface area contributed by atoms with E-state index < -0.39 is 0 Å². The van der Waals surface area contributed by atoms with E-state index in [1.54, 1.807) is 12.5 Å². The Morgan fingerprint density at radius 2 is 2.41 bits per heavy atom. The van der Waals surface area contributed by atoms with E-state index in [4.69, 9.17) is 5.73 Å². The van der Waals surface area contributed by atoms with Crippen LogP contribution in [0.5, 0.6) is 0 Å². The first-order chi connectivity index (χ1) is 8.29. The second-order valence-electron chi connectivity index (χ2n) is 4.11. The first kappa shape index (κ1) is 10.1. The summed E-state index contributed by atoms with van der Waals surface area (Å²) in [6, 6.07) is 2.19. The monoisotopic (exact) mass is 230 g/mol. The smallest absolute Gasteiger partial charge is 0.139 e. The summed E-state index contributed by atoms with van der Waals surface area (Å²) < 4.78 is 1.91. The molecule has 1 unspecified atom stereocenters. The van der Waals surface area contributed by atoms with Gasteiger partial charge in [-0.1, -0.05) is 0 Å². The molecule has 1 atom stereocenters. The van der Waals surface area contributed by atoms with E-state index in [-0.39, 0.29) is 6.04 Å². The Balaban J connectivity index is 2.21. The summed E-state index contributed by atoms with van der Waals surface area (Å²) in [5, 5.41) is 1.05. The van der Waals surface area contributed by atoms with E-state index in [0.29, 0.717) is 6.54 Å². The molecule has 3 aromatic heterocycles. The number of aromatic amines is 1. The highest BCUT2D eigenvalue weighted by Gasteiger charge is 2.09. The van der Waals surface area contributed by atoms with Gasteiger partial charge >= 0.3 is 0 Å². The van der Waals surface area contributed by atoms with Gasteiger partial charge in [0.1, 0.15) is 23.0 Å². The van der Waals surface area contributed by atoms with E-state index in [0.717, 1.165) is 22.1 Å². The standard InChI is InChI=1S/C11H14N6/c1-7(4-12)16-17-6-15-9-5-14-11-8(10(9)17)2-3-13-11/h2-3,5-7,16H,4,12H2,1H3,(H,13,14). The van der Waals surface area contributed by atoms with Crippen molar-refractivity contribution in [2.45, 2.75) is 13.0 Å². The van der Waals surface area contributed by atoms with E-state index in [1.165, 1.54) is 0 Å². The lowest BCUT2D eigenvalue weighted by molar-refractivity contribution is 0.702. The number of hydrogen-bond donors (Lipinski definition) is 3. The summed E-state index contributed by atoms with van der Waals surface area (Å²) in [4.78, 5) is 11.7. The second-order valence-corrected chi connectivity index (χ2v) is 4.11. The molecule has 3 heterocycles. The minimum absolute atomic E-state index is 0.189. The highest BCUT2D eigenvalue weighted by molar-refractivity contribution is 6.00. The van der Waals surface area contributed by atoms with Gasteiger partial charge in [-0.05, 0) is 13.0 Å². The van der Waals surface area contributed by atoms with Crippen molar-refractivity contribution >= 4 is 22.1 Å². The number of H-pyrrole nitrogens is 1. The number of rotatable bonds is 3. The Morgan fingerprint density at radius 1 is 1.53 bits per heavy atom. The quantitative estimate of drug-likeness (QED) is 0.621. The van der Waals surface area contributed by atoms with Gasteiger partial charge in [0.25, 0.3) is 0 Å². The molecule has 0 aliphatic rings. The molecule has 3 aromatic rings. The van der Waals surface area contributed by atoms with Crippen molar-refractivity contribution in [2.75, 3.05) is 12.0 Å². The van der Waals surface area contributed by atoms with Gasteiger partial charge < -0.3 is 16.1 Å². The van der Waals surface area contributed by atoms with Gasteiger partial charge in [0.05, 0.1) is 12.2 Å². The van der Waals surface area contributed by atoms with Gasteiger partial charge in [0.15, 0.2) is 0 Å². The molecule has 3 rings (SSSR count). The lowest BCUT2D eigenvalue weighted by atomic mass is 10.3. The number of pyridine rings is 1. The van der Waals surface area contributed by atoms with Crippen molar-refractivity contribution in [1.29, 1.82) is 0 Å². The zero-order chi connectivity index (χ0) is 11.8. The van der Waals surface area contributed by atoms with Crippen LogP contribution in [0.2, 0.25) is 0 Å². The van der Waals surface area contributed by atoms with Crippen molar-refractivity contribution in [3.8, 4) is 0 Å². The van der Waals surface area contributed by atoms with Crippen molar-refractivity contribution in [3.63, 3.8) is 0 Å². The molecular weight excluding hydrogens is 216 g/mol. The van der Waals surface area contributed by atoms with Crippen molar-refractivity contribution in [3.05, 3.63) is 24.8 Å². The summed E-state index contributed by atoms with van der Waals surface area (Å²) in [6.07, 6.45) is 5.39. The summed E-state index contributed by atoms with van der Waals surface area (Å²) in [5.41, 5.74) is 11.7. The number of nitrogens with one attached hydrogen (secondary N) is 2. The number of nitrogens with two attached hydrogens (primary N) is 1. The number of nitrogens with zero attached hydrogens (tertiary/aromatic N) is 3. The third-order valence-corrected chi connectivity index (χ3v) is 2.81. The molecule has 0 amide bonds. The van der Waals surface area contributed by atoms with Gasteiger partial charge in [-0.25, -0.2) is 14.6 Å². The zero-order valence-corrected chi connectivity index (χ0v) is 9.51. The normalized spacial score (nSPS) is 13.3. The van der Waals surface area contributed by atoms with Crippen molar-refractivity contribution in [1.82, 2.24) is 19.6 Å². The van der Waals surface area contributed by atoms with Gasteiger partial charge in [-0.2, -0.15) is 0 Å². The molecule has 4 N–H and O–H groups in total. The fraction of sp³-hybridized carbons (Fsp3) is 0.273. The molecule has 0 aliphatic heterocycles. The topological polar surface area (TPSA) is 84.5 Å². The Bertz CT molecular complexity index is 652. The van der Waals surface area contributed by atoms with Crippen LogP contribution in [-0.4, -0.2) is 32.2 Å². The predicted molar refractivity (Wildman–Crippen MR) is 67.3 cm³/mol. The van der Waals surface area contributed by atoms with Crippen LogP contribution in [-0.2, 0) is 0 Å². The summed E-state index contributed by atoms with van der Waals surface area (Å²) in [7, 11) is 0. The van der Waals surface area contributed by atoms with Gasteiger partial charge in [-0.15, -0.1) is 0 Å². The van der Waals surface area contributed by atoms with E-state index in [2.05, 4.69) is 20.4 Å². The van der Waals surface area contributed by atoms with Gasteiger partial charge in [0.2, 0.25) is 0 Å². The molecule has 0 radical (unpaired) electrons. The average molecular weight is 230 g/mol. The lowest BCUT2D eigenvalue weighted by Gasteiger charge is -2.14. The van der Waals surface area contributed by atoms with E-state index in [1.807, 2.05) is 23.9 Å². The zero-order valence-electron chi connectivity index (χ0n) is 9.51. The van der Waals surface area contributed by atoms with Gasteiger partial charge in [0, 0.05) is 18.1 Å². The highest BCUT2D eigenvalue weighted by atomic mass is 15.4. The molecular formula is C11H14N6. The Morgan fingerprint density at radius 3 is 3.24 bits per heavy atom. The number of fused-ring (bicyclic) bond motifs is 3. The Hall–Kier alpha value is -2.08. The van der Waals surface area contributed by atoms with Crippen molar-refractivity contribution < 1.29 is 0 Å². The predicted octanol–water partition coefficient (Wildman–Crippen LogP) is 0.803. The van der Waals surface area contributed by atoms with Gasteiger partial charge in [-0.3, -0.25) is 0 Å². The minimum atomic E-state index is 0.189. The maximum atomic E-state index is 5.61. The number of imidazole rings is 1. The fourth-order valence-corrected chi connectivity index (χ4v) is 1.90. The number of aromatic nitrogens is 4. The molecule has 0 spiro atoms. The molecule has 0 saturated heterocycles. The number of hydrogen-bond acceptors (Lipinski definition) is 4. The summed E-state index contributed by atoms with van der Waals surface area (Å²) in [5.74, 6) is 0. The first-order valence-corrected chi connectivity index (χ1v) is 5.55. The summed E-state index contributed by atoms with van der Waals surface area (Å²) >= 11 is 0. The van der Waals surface area contributed by atoms with Crippen LogP contribution in [0.3, 0.4) is 0 Å². The largest absolute Gasteiger partial charge is 0.346 e.